The summed E-state index contributed by atoms with van der Waals surface area (Å²) in [5.74, 6) is 2.44. The lowest BCUT2D eigenvalue weighted by atomic mass is 9.82. The van der Waals surface area contributed by atoms with E-state index in [9.17, 15) is 4.79 Å². The minimum absolute atomic E-state index is 0.170. The molecule has 0 aliphatic heterocycles. The number of aromatic nitrogens is 2. The summed E-state index contributed by atoms with van der Waals surface area (Å²) in [6.07, 6.45) is 6.37. The van der Waals surface area contributed by atoms with Gasteiger partial charge in [-0.3, -0.25) is 4.79 Å². The quantitative estimate of drug-likeness (QED) is 0.482. The van der Waals surface area contributed by atoms with Gasteiger partial charge in [-0.25, -0.2) is 9.97 Å². The summed E-state index contributed by atoms with van der Waals surface area (Å²) in [6, 6.07) is 9.71. The predicted octanol–water partition coefficient (Wildman–Crippen LogP) is 6.50. The number of aryl methyl sites for hydroxylation is 1. The topological polar surface area (TPSA) is 46.1 Å². The summed E-state index contributed by atoms with van der Waals surface area (Å²) < 4.78 is 0. The first kappa shape index (κ1) is 22.7. The molecule has 5 heteroatoms. The van der Waals surface area contributed by atoms with Crippen molar-refractivity contribution in [3.63, 3.8) is 0 Å². The van der Waals surface area contributed by atoms with Crippen molar-refractivity contribution in [2.75, 3.05) is 4.90 Å². The summed E-state index contributed by atoms with van der Waals surface area (Å²) in [4.78, 5) is 25.3. The van der Waals surface area contributed by atoms with Crippen LogP contribution in [0.1, 0.15) is 82.3 Å². The molecule has 1 aliphatic rings. The van der Waals surface area contributed by atoms with Gasteiger partial charge in [0.2, 0.25) is 0 Å². The van der Waals surface area contributed by atoms with Crippen LogP contribution in [0.4, 0.5) is 5.82 Å². The SMILES string of the molecule is CCC(C(=O)C1CCCCC1)N(Cc1ccc(Cl)cc1)c1cc(C)nc(C(C)C)n1. The summed E-state index contributed by atoms with van der Waals surface area (Å²) in [5.41, 5.74) is 2.06. The Morgan fingerprint density at radius 1 is 1.13 bits per heavy atom. The van der Waals surface area contributed by atoms with Crippen LogP contribution in [0.25, 0.3) is 0 Å². The second-order valence-electron chi connectivity index (χ2n) is 8.80. The summed E-state index contributed by atoms with van der Waals surface area (Å²) in [5, 5.41) is 0.718. The van der Waals surface area contributed by atoms with E-state index in [2.05, 4.69) is 30.7 Å². The second-order valence-corrected chi connectivity index (χ2v) is 9.23. The fraction of sp³-hybridized carbons (Fsp3) is 0.560. The Hall–Kier alpha value is -1.94. The maximum atomic E-state index is 13.6. The van der Waals surface area contributed by atoms with Crippen LogP contribution in [0.2, 0.25) is 5.02 Å². The van der Waals surface area contributed by atoms with Crippen LogP contribution in [-0.2, 0) is 11.3 Å². The predicted molar refractivity (Wildman–Crippen MR) is 124 cm³/mol. The number of Topliss-reactive ketones (excluding diaryl/α,β-unsaturated/α-hetero) is 1. The second kappa shape index (κ2) is 10.4. The van der Waals surface area contributed by atoms with E-state index in [1.807, 2.05) is 37.3 Å². The van der Waals surface area contributed by atoms with E-state index >= 15 is 0 Å². The minimum atomic E-state index is -0.182. The van der Waals surface area contributed by atoms with Crippen molar-refractivity contribution in [1.82, 2.24) is 9.97 Å². The van der Waals surface area contributed by atoms with Gasteiger partial charge in [0.1, 0.15) is 11.6 Å². The molecule has 1 aromatic carbocycles. The van der Waals surface area contributed by atoms with E-state index in [4.69, 9.17) is 16.6 Å². The summed E-state index contributed by atoms with van der Waals surface area (Å²) >= 11 is 6.10. The Morgan fingerprint density at radius 3 is 2.40 bits per heavy atom. The molecule has 2 aromatic rings. The zero-order valence-electron chi connectivity index (χ0n) is 18.7. The van der Waals surface area contributed by atoms with Crippen LogP contribution in [0.3, 0.4) is 0 Å². The molecule has 0 amide bonds. The molecule has 4 nitrogen and oxygen atoms in total. The van der Waals surface area contributed by atoms with E-state index in [-0.39, 0.29) is 17.9 Å². The van der Waals surface area contributed by atoms with Crippen molar-refractivity contribution in [3.05, 3.63) is 52.4 Å². The first-order chi connectivity index (χ1) is 14.4. The van der Waals surface area contributed by atoms with Gasteiger partial charge < -0.3 is 4.90 Å². The first-order valence-corrected chi connectivity index (χ1v) is 11.7. The molecule has 0 spiro atoms. The van der Waals surface area contributed by atoms with Crippen molar-refractivity contribution in [1.29, 1.82) is 0 Å². The molecule has 162 valence electrons. The van der Waals surface area contributed by atoms with Gasteiger partial charge in [-0.05, 0) is 43.9 Å². The molecule has 0 radical (unpaired) electrons. The van der Waals surface area contributed by atoms with Crippen molar-refractivity contribution in [2.24, 2.45) is 5.92 Å². The van der Waals surface area contributed by atoms with Crippen molar-refractivity contribution >= 4 is 23.2 Å². The highest BCUT2D eigenvalue weighted by molar-refractivity contribution is 6.30. The standard InChI is InChI=1S/C25H34ClN3O/c1-5-22(24(30)20-9-7-6-8-10-20)29(16-19-11-13-21(26)14-12-19)23-15-18(4)27-25(28-23)17(2)3/h11-15,17,20,22H,5-10,16H2,1-4H3. The zero-order chi connectivity index (χ0) is 21.7. The number of carbonyl (C=O) groups is 1. The van der Waals surface area contributed by atoms with E-state index in [0.717, 1.165) is 60.0 Å². The number of hydrogen-bond acceptors (Lipinski definition) is 4. The lowest BCUT2D eigenvalue weighted by molar-refractivity contribution is -0.125. The number of halogens is 1. The number of rotatable bonds is 8. The summed E-state index contributed by atoms with van der Waals surface area (Å²) in [7, 11) is 0. The van der Waals surface area contributed by atoms with E-state index in [1.54, 1.807) is 0 Å². The highest BCUT2D eigenvalue weighted by Gasteiger charge is 2.32. The minimum Gasteiger partial charge on any atom is -0.342 e. The van der Waals surface area contributed by atoms with Crippen molar-refractivity contribution in [3.8, 4) is 0 Å². The van der Waals surface area contributed by atoms with Gasteiger partial charge in [-0.2, -0.15) is 0 Å². The molecular formula is C25H34ClN3O. The Kier molecular flexibility index (Phi) is 7.87. The van der Waals surface area contributed by atoms with Crippen molar-refractivity contribution in [2.45, 2.75) is 84.7 Å². The van der Waals surface area contributed by atoms with E-state index in [0.29, 0.717) is 12.3 Å². The first-order valence-electron chi connectivity index (χ1n) is 11.3. The monoisotopic (exact) mass is 427 g/mol. The lowest BCUT2D eigenvalue weighted by Gasteiger charge is -2.35. The molecule has 1 unspecified atom stereocenters. The molecule has 1 heterocycles. The van der Waals surface area contributed by atoms with Gasteiger partial charge in [0.05, 0.1) is 6.04 Å². The van der Waals surface area contributed by atoms with E-state index < -0.39 is 0 Å². The number of ketones is 1. The Bertz CT molecular complexity index is 844. The number of benzene rings is 1. The maximum Gasteiger partial charge on any atom is 0.158 e. The molecule has 30 heavy (non-hydrogen) atoms. The molecule has 1 atom stereocenters. The summed E-state index contributed by atoms with van der Waals surface area (Å²) in [6.45, 7) is 8.94. The third-order valence-electron chi connectivity index (χ3n) is 6.03. The van der Waals surface area contributed by atoms with Gasteiger partial charge >= 0.3 is 0 Å². The average molecular weight is 428 g/mol. The smallest absolute Gasteiger partial charge is 0.158 e. The zero-order valence-corrected chi connectivity index (χ0v) is 19.5. The fourth-order valence-electron chi connectivity index (χ4n) is 4.35. The molecule has 1 fully saturated rings. The molecular weight excluding hydrogens is 394 g/mol. The van der Waals surface area contributed by atoms with Crippen LogP contribution >= 0.6 is 11.6 Å². The van der Waals surface area contributed by atoms with Crippen LogP contribution in [0, 0.1) is 12.8 Å². The number of anilines is 1. The normalized spacial score (nSPS) is 15.9. The highest BCUT2D eigenvalue weighted by atomic mass is 35.5. The Morgan fingerprint density at radius 2 is 1.80 bits per heavy atom. The molecule has 0 bridgehead atoms. The Balaban J connectivity index is 1.99. The highest BCUT2D eigenvalue weighted by Crippen LogP contribution is 2.30. The third kappa shape index (κ3) is 5.60. The number of carbonyl (C=O) groups excluding carboxylic acids is 1. The average Bonchev–Trinajstić information content (AvgIpc) is 2.75. The van der Waals surface area contributed by atoms with Gasteiger partial charge in [0.25, 0.3) is 0 Å². The van der Waals surface area contributed by atoms with Gasteiger partial charge in [0.15, 0.2) is 5.78 Å². The maximum absolute atomic E-state index is 13.6. The largest absolute Gasteiger partial charge is 0.342 e. The Labute approximate surface area is 186 Å². The van der Waals surface area contributed by atoms with Crippen molar-refractivity contribution < 1.29 is 4.79 Å². The lowest BCUT2D eigenvalue weighted by Crippen LogP contribution is -2.44. The van der Waals surface area contributed by atoms with Crippen LogP contribution in [0.15, 0.2) is 30.3 Å². The van der Waals surface area contributed by atoms with Gasteiger partial charge in [-0.1, -0.05) is 63.8 Å². The molecule has 1 aromatic heterocycles. The number of hydrogen-bond donors (Lipinski definition) is 0. The van der Waals surface area contributed by atoms with Crippen LogP contribution in [-0.4, -0.2) is 21.8 Å². The molecule has 3 rings (SSSR count). The van der Waals surface area contributed by atoms with Gasteiger partial charge in [-0.15, -0.1) is 0 Å². The van der Waals surface area contributed by atoms with Crippen LogP contribution in [0.5, 0.6) is 0 Å². The van der Waals surface area contributed by atoms with Gasteiger partial charge in [0, 0.05) is 35.2 Å². The molecule has 1 saturated carbocycles. The van der Waals surface area contributed by atoms with Crippen LogP contribution < -0.4 is 4.90 Å². The fourth-order valence-corrected chi connectivity index (χ4v) is 4.48. The van der Waals surface area contributed by atoms with E-state index in [1.165, 1.54) is 6.42 Å². The number of nitrogens with zero attached hydrogens (tertiary/aromatic N) is 3. The molecule has 0 N–H and O–H groups in total. The molecule has 0 saturated heterocycles. The third-order valence-corrected chi connectivity index (χ3v) is 6.29. The molecule has 1 aliphatic carbocycles.